The van der Waals surface area contributed by atoms with E-state index in [0.717, 1.165) is 0 Å². The molecule has 0 aromatic heterocycles. The summed E-state index contributed by atoms with van der Waals surface area (Å²) in [6.45, 7) is 1.69. The number of hydrogen-bond acceptors (Lipinski definition) is 1. The zero-order valence-corrected chi connectivity index (χ0v) is 47.2. The van der Waals surface area contributed by atoms with Gasteiger partial charge in [0.2, 0.25) is 0 Å². The van der Waals surface area contributed by atoms with Crippen LogP contribution in [0.25, 0.3) is 0 Å². The first-order valence-electron chi connectivity index (χ1n) is 1.17. The van der Waals surface area contributed by atoms with Crippen molar-refractivity contribution in [3.63, 3.8) is 0 Å². The molecule has 0 aliphatic heterocycles. The molecule has 0 rings (SSSR count). The van der Waals surface area contributed by atoms with E-state index < -0.39 is 0 Å². The fourth-order valence-corrected chi connectivity index (χ4v) is 0. The van der Waals surface area contributed by atoms with E-state index in [-0.39, 0.29) is 280 Å². The van der Waals surface area contributed by atoms with Gasteiger partial charge in [-0.2, -0.15) is 0 Å². The molecule has 0 aliphatic rings. The summed E-state index contributed by atoms with van der Waals surface area (Å²) >= 11 is 0. The van der Waals surface area contributed by atoms with Crippen LogP contribution in [-0.4, -0.2) is 11.0 Å². The van der Waals surface area contributed by atoms with Gasteiger partial charge in [-0.1, -0.05) is 0 Å². The van der Waals surface area contributed by atoms with Crippen molar-refractivity contribution in [2.24, 2.45) is 0 Å². The molecular weight excluding hydrogens is 2460 g/mol. The van der Waals surface area contributed by atoms with E-state index in [0.29, 0.717) is 0 Å². The zero-order valence-electron chi connectivity index (χ0n) is 7.91. The van der Waals surface area contributed by atoms with Gasteiger partial charge in [0.15, 0.2) is 0 Å². The van der Waals surface area contributed by atoms with E-state index in [1.807, 2.05) is 0 Å². The van der Waals surface area contributed by atoms with Crippen molar-refractivity contribution in [3.8, 4) is 0 Å². The summed E-state index contributed by atoms with van der Waals surface area (Å²) < 4.78 is 0. The molecule has 0 bridgehead atoms. The molecule has 0 fully saturated rings. The molecule has 0 aliphatic carbocycles. The van der Waals surface area contributed by atoms with Gasteiger partial charge in [-0.3, -0.25) is 0 Å². The van der Waals surface area contributed by atoms with Crippen molar-refractivity contribution in [2.75, 3.05) is 0 Å². The average Bonchev–Trinajstić information content (AvgIpc) is 0.811. The molecule has 0 aromatic carbocycles. The minimum absolute atomic E-state index is 0. The molecule has 0 spiro atoms. The molecule has 2 atom stereocenters. The van der Waals surface area contributed by atoms with Gasteiger partial charge in [-0.05, 0) is 6.92 Å². The van der Waals surface area contributed by atoms with E-state index in [9.17, 15) is 0 Å². The number of hydrogen-bond donors (Lipinski definition) is 1. The molecule has 17 heavy (non-hydrogen) atoms. The van der Waals surface area contributed by atoms with Crippen LogP contribution in [-0.2, 0) is 274 Å². The molecule has 104 valence electrons. The van der Waals surface area contributed by atoms with Gasteiger partial charge in [-0.15, -0.1) is 9.24 Å². The molecule has 0 radical (unpaired) electrons. The Balaban J connectivity index is -0.000000000577. The van der Waals surface area contributed by atoms with E-state index in [1.165, 1.54) is 0 Å². The second-order valence-corrected chi connectivity index (χ2v) is 1.71. The minimum Gasteiger partial charge on any atom is -0.389 e. The maximum atomic E-state index is 8.02. The fraction of sp³-hybridized carbons (Fsp3) is 1.00. The molecular formula is C2H7OPW13. The van der Waals surface area contributed by atoms with Crippen LogP contribution < -0.4 is 0 Å². The predicted octanol–water partition coefficient (Wildman–Crippen LogP) is 0.167. The maximum absolute atomic E-state index is 8.02. The topological polar surface area (TPSA) is 20.2 Å². The van der Waals surface area contributed by atoms with Crippen LogP contribution in [0.3, 0.4) is 0 Å². The SMILES string of the molecule is CC(O)P.[W].[W].[W].[W].[W].[W].[W].[W].[W].[W].[W].[W].[W]. The quantitative estimate of drug-likeness (QED) is 0.344. The van der Waals surface area contributed by atoms with Crippen LogP contribution in [0.4, 0.5) is 0 Å². The Morgan fingerprint density at radius 1 is 0.529 bits per heavy atom. The Morgan fingerprint density at radius 2 is 0.529 bits per heavy atom. The molecule has 0 amide bonds. The third-order valence-electron chi connectivity index (χ3n) is 0. The Morgan fingerprint density at radius 3 is 0.529 bits per heavy atom. The van der Waals surface area contributed by atoms with Crippen LogP contribution in [0.2, 0.25) is 0 Å². The van der Waals surface area contributed by atoms with E-state index in [1.54, 1.807) is 6.92 Å². The van der Waals surface area contributed by atoms with Crippen molar-refractivity contribution in [3.05, 3.63) is 0 Å². The van der Waals surface area contributed by atoms with Gasteiger partial charge < -0.3 is 5.11 Å². The van der Waals surface area contributed by atoms with Crippen molar-refractivity contribution in [1.82, 2.24) is 0 Å². The first-order valence-corrected chi connectivity index (χ1v) is 1.84. The van der Waals surface area contributed by atoms with Gasteiger partial charge in [0.05, 0.1) is 5.85 Å². The van der Waals surface area contributed by atoms with Crippen LogP contribution >= 0.6 is 9.24 Å². The third-order valence-corrected chi connectivity index (χ3v) is 0. The van der Waals surface area contributed by atoms with Crippen LogP contribution in [0.1, 0.15) is 6.92 Å². The molecule has 15 heteroatoms. The Bertz CT molecular complexity index is 24.1. The summed E-state index contributed by atoms with van der Waals surface area (Å²) in [4.78, 5) is 0. The van der Waals surface area contributed by atoms with Crippen molar-refractivity contribution >= 4 is 9.24 Å². The second-order valence-electron chi connectivity index (χ2n) is 0.741. The summed E-state index contributed by atoms with van der Waals surface area (Å²) in [6, 6.07) is 0. The first kappa shape index (κ1) is 111. The molecule has 0 aromatic rings. The molecule has 1 nitrogen and oxygen atoms in total. The maximum Gasteiger partial charge on any atom is 0.0645 e. The Kier molecular flexibility index (Phi) is 644. The smallest absolute Gasteiger partial charge is 0.0645 e. The van der Waals surface area contributed by atoms with Crippen molar-refractivity contribution < 1.29 is 279 Å². The average molecular weight is 2470 g/mol. The van der Waals surface area contributed by atoms with Crippen LogP contribution in [0.5, 0.6) is 0 Å². The van der Waals surface area contributed by atoms with Crippen molar-refractivity contribution in [2.45, 2.75) is 12.8 Å². The standard InChI is InChI=1S/C2H7OP.13W/c1-2(3)4;;;;;;;;;;;;;/h2-3H,4H2,1H3;;;;;;;;;;;;;. The van der Waals surface area contributed by atoms with Crippen LogP contribution in [0, 0.1) is 0 Å². The Hall–Kier alpha value is 9.34. The monoisotopic (exact) mass is 2470 g/mol. The number of rotatable bonds is 0. The Labute approximate surface area is 293 Å². The molecule has 2 unspecified atom stereocenters. The first-order chi connectivity index (χ1) is 1.73. The minimum atomic E-state index is -0.250. The summed E-state index contributed by atoms with van der Waals surface area (Å²) in [5.74, 6) is -0.250. The zero-order chi connectivity index (χ0) is 3.58. The van der Waals surface area contributed by atoms with E-state index in [2.05, 4.69) is 9.24 Å². The van der Waals surface area contributed by atoms with Gasteiger partial charge in [-0.25, -0.2) is 0 Å². The van der Waals surface area contributed by atoms with Gasteiger partial charge in [0.25, 0.3) is 0 Å². The molecule has 0 saturated carbocycles. The molecule has 0 heterocycles. The van der Waals surface area contributed by atoms with Crippen molar-refractivity contribution in [1.29, 1.82) is 0 Å². The largest absolute Gasteiger partial charge is 0.389 e. The molecule has 1 N–H and O–H groups in total. The molecule has 0 saturated heterocycles. The normalized spacial score (nSPS) is 3.71. The number of aliphatic hydroxyl groups excluding tert-OH is 1. The predicted molar refractivity (Wildman–Crippen MR) is 21.4 cm³/mol. The van der Waals surface area contributed by atoms with E-state index >= 15 is 0 Å². The van der Waals surface area contributed by atoms with Gasteiger partial charge in [0.1, 0.15) is 0 Å². The van der Waals surface area contributed by atoms with Crippen LogP contribution in [0.15, 0.2) is 0 Å². The summed E-state index contributed by atoms with van der Waals surface area (Å²) in [6.07, 6.45) is 0. The second kappa shape index (κ2) is 98.6. The summed E-state index contributed by atoms with van der Waals surface area (Å²) in [5, 5.41) is 8.02. The summed E-state index contributed by atoms with van der Waals surface area (Å²) in [5.41, 5.74) is 0. The van der Waals surface area contributed by atoms with Gasteiger partial charge in [0, 0.05) is 274 Å². The van der Waals surface area contributed by atoms with E-state index in [4.69, 9.17) is 5.11 Å². The third kappa shape index (κ3) is 158. The summed E-state index contributed by atoms with van der Waals surface area (Å²) in [7, 11) is 2.21. The fourth-order valence-electron chi connectivity index (χ4n) is 0. The number of aliphatic hydroxyl groups is 1. The van der Waals surface area contributed by atoms with Gasteiger partial charge >= 0.3 is 0 Å².